The number of hydrogen-bond donors (Lipinski definition) is 1. The molecule has 0 unspecified atom stereocenters. The van der Waals surface area contributed by atoms with Crippen LogP contribution in [-0.2, 0) is 0 Å². The van der Waals surface area contributed by atoms with Gasteiger partial charge in [0.25, 0.3) is 0 Å². The molecule has 88 valence electrons. The van der Waals surface area contributed by atoms with Gasteiger partial charge in [0.2, 0.25) is 0 Å². The molecule has 1 rings (SSSR count). The van der Waals surface area contributed by atoms with Crippen LogP contribution < -0.4 is 10.5 Å². The average molecular weight is 241 g/mol. The highest BCUT2D eigenvalue weighted by Crippen LogP contribution is 2.24. The van der Waals surface area contributed by atoms with E-state index in [1.807, 2.05) is 26.0 Å². The van der Waals surface area contributed by atoms with E-state index in [1.54, 1.807) is 0 Å². The Morgan fingerprint density at radius 3 is 2.38 bits per heavy atom. The zero-order valence-corrected chi connectivity index (χ0v) is 10.4. The molecular weight excluding hydrogens is 225 g/mol. The highest BCUT2D eigenvalue weighted by Gasteiger charge is 2.07. The Morgan fingerprint density at radius 1 is 1.38 bits per heavy atom. The van der Waals surface area contributed by atoms with Crippen LogP contribution in [0.1, 0.15) is 23.1 Å². The van der Waals surface area contributed by atoms with Crippen molar-refractivity contribution in [3.63, 3.8) is 0 Å². The summed E-state index contributed by atoms with van der Waals surface area (Å²) in [4.78, 5) is 0.376. The molecular formula is C12H16FNOS. The minimum Gasteiger partial charge on any atom is -0.493 e. The quantitative estimate of drug-likeness (QED) is 0.636. The monoisotopic (exact) mass is 241 g/mol. The number of halogens is 1. The van der Waals surface area contributed by atoms with Gasteiger partial charge in [0.15, 0.2) is 0 Å². The van der Waals surface area contributed by atoms with Crippen LogP contribution >= 0.6 is 12.2 Å². The third-order valence-corrected chi connectivity index (χ3v) is 2.50. The van der Waals surface area contributed by atoms with Crippen molar-refractivity contribution in [2.45, 2.75) is 20.3 Å². The second kappa shape index (κ2) is 5.80. The van der Waals surface area contributed by atoms with E-state index >= 15 is 0 Å². The normalized spacial score (nSPS) is 10.2. The smallest absolute Gasteiger partial charge is 0.125 e. The maximum absolute atomic E-state index is 12.0. The van der Waals surface area contributed by atoms with Gasteiger partial charge in [0, 0.05) is 12.0 Å². The van der Waals surface area contributed by atoms with Crippen molar-refractivity contribution in [2.24, 2.45) is 5.73 Å². The van der Waals surface area contributed by atoms with Gasteiger partial charge in [-0.3, -0.25) is 4.39 Å². The summed E-state index contributed by atoms with van der Waals surface area (Å²) >= 11 is 4.92. The van der Waals surface area contributed by atoms with E-state index in [4.69, 9.17) is 22.7 Å². The van der Waals surface area contributed by atoms with Gasteiger partial charge < -0.3 is 10.5 Å². The lowest BCUT2D eigenvalue weighted by molar-refractivity contribution is 0.286. The highest BCUT2D eigenvalue weighted by atomic mass is 32.1. The van der Waals surface area contributed by atoms with E-state index in [2.05, 4.69) is 0 Å². The van der Waals surface area contributed by atoms with E-state index in [1.165, 1.54) is 0 Å². The number of rotatable bonds is 5. The largest absolute Gasteiger partial charge is 0.493 e. The molecule has 0 saturated carbocycles. The van der Waals surface area contributed by atoms with Crippen LogP contribution in [0.2, 0.25) is 0 Å². The predicted octanol–water partition coefficient (Wildman–Crippen LogP) is 2.68. The molecule has 2 N–H and O–H groups in total. The molecule has 16 heavy (non-hydrogen) atoms. The standard InChI is InChI=1S/C12H16FNOS/c1-8-6-10(12(14)16)7-9(2)11(8)15-5-3-4-13/h6-7H,3-5H2,1-2H3,(H2,14,16). The first kappa shape index (κ1) is 12.9. The molecule has 0 aliphatic heterocycles. The lowest BCUT2D eigenvalue weighted by Crippen LogP contribution is -2.11. The second-order valence-corrected chi connectivity index (χ2v) is 4.13. The number of alkyl halides is 1. The minimum atomic E-state index is -0.358. The predicted molar refractivity (Wildman–Crippen MR) is 67.9 cm³/mol. The van der Waals surface area contributed by atoms with Gasteiger partial charge in [0.1, 0.15) is 10.7 Å². The zero-order valence-electron chi connectivity index (χ0n) is 9.55. The molecule has 0 atom stereocenters. The lowest BCUT2D eigenvalue weighted by Gasteiger charge is -2.13. The van der Waals surface area contributed by atoms with E-state index in [-0.39, 0.29) is 6.67 Å². The fourth-order valence-corrected chi connectivity index (χ4v) is 1.67. The SMILES string of the molecule is Cc1cc(C(N)=S)cc(C)c1OCCCF. The Kier molecular flexibility index (Phi) is 4.68. The van der Waals surface area contributed by atoms with Crippen molar-refractivity contribution in [1.82, 2.24) is 0 Å². The average Bonchev–Trinajstić information content (AvgIpc) is 2.21. The fraction of sp³-hybridized carbons (Fsp3) is 0.417. The third kappa shape index (κ3) is 3.17. The Morgan fingerprint density at radius 2 is 1.94 bits per heavy atom. The van der Waals surface area contributed by atoms with Crippen molar-refractivity contribution in [3.8, 4) is 5.75 Å². The topological polar surface area (TPSA) is 35.2 Å². The molecule has 0 amide bonds. The Hall–Kier alpha value is -1.16. The maximum atomic E-state index is 12.0. The molecule has 1 aromatic rings. The number of thiocarbonyl (C=S) groups is 1. The van der Waals surface area contributed by atoms with Gasteiger partial charge in [0.05, 0.1) is 13.3 Å². The number of nitrogens with two attached hydrogens (primary N) is 1. The van der Waals surface area contributed by atoms with Crippen LogP contribution in [0.25, 0.3) is 0 Å². The molecule has 0 spiro atoms. The van der Waals surface area contributed by atoms with Gasteiger partial charge in [-0.2, -0.15) is 0 Å². The van der Waals surface area contributed by atoms with Gasteiger partial charge in [-0.25, -0.2) is 0 Å². The minimum absolute atomic E-state index is 0.358. The molecule has 0 fully saturated rings. The first-order chi connectivity index (χ1) is 7.56. The molecule has 0 radical (unpaired) electrons. The van der Waals surface area contributed by atoms with Gasteiger partial charge >= 0.3 is 0 Å². The fourth-order valence-electron chi connectivity index (χ4n) is 1.55. The first-order valence-corrected chi connectivity index (χ1v) is 5.57. The summed E-state index contributed by atoms with van der Waals surface area (Å²) in [5, 5.41) is 0. The van der Waals surface area contributed by atoms with Gasteiger partial charge in [-0.15, -0.1) is 0 Å². The van der Waals surface area contributed by atoms with E-state index in [0.717, 1.165) is 22.4 Å². The van der Waals surface area contributed by atoms with Crippen molar-refractivity contribution in [1.29, 1.82) is 0 Å². The van der Waals surface area contributed by atoms with E-state index < -0.39 is 0 Å². The summed E-state index contributed by atoms with van der Waals surface area (Å²) in [6.07, 6.45) is 0.413. The van der Waals surface area contributed by atoms with Crippen molar-refractivity contribution in [3.05, 3.63) is 28.8 Å². The van der Waals surface area contributed by atoms with Crippen LogP contribution in [0.3, 0.4) is 0 Å². The summed E-state index contributed by atoms with van der Waals surface area (Å²) in [6, 6.07) is 3.78. The Labute approximate surface area is 101 Å². The van der Waals surface area contributed by atoms with Crippen LogP contribution in [-0.4, -0.2) is 18.3 Å². The molecule has 0 aromatic heterocycles. The second-order valence-electron chi connectivity index (χ2n) is 3.69. The van der Waals surface area contributed by atoms with Crippen molar-refractivity contribution < 1.29 is 9.13 Å². The summed E-state index contributed by atoms with van der Waals surface area (Å²) in [5.74, 6) is 0.799. The Bertz CT molecular complexity index is 370. The highest BCUT2D eigenvalue weighted by molar-refractivity contribution is 7.80. The van der Waals surface area contributed by atoms with Gasteiger partial charge in [-0.05, 0) is 37.1 Å². The number of hydrogen-bond acceptors (Lipinski definition) is 2. The number of aryl methyl sites for hydroxylation is 2. The number of ether oxygens (including phenoxy) is 1. The molecule has 0 aliphatic carbocycles. The molecule has 0 saturated heterocycles. The first-order valence-electron chi connectivity index (χ1n) is 5.16. The Balaban J connectivity index is 2.89. The number of benzene rings is 1. The summed E-state index contributed by atoms with van der Waals surface area (Å²) < 4.78 is 17.5. The summed E-state index contributed by atoms with van der Waals surface area (Å²) in [5.41, 5.74) is 8.35. The van der Waals surface area contributed by atoms with Crippen LogP contribution in [0.15, 0.2) is 12.1 Å². The molecule has 0 heterocycles. The van der Waals surface area contributed by atoms with Crippen LogP contribution in [0.4, 0.5) is 4.39 Å². The molecule has 1 aromatic carbocycles. The maximum Gasteiger partial charge on any atom is 0.125 e. The van der Waals surface area contributed by atoms with Gasteiger partial charge in [-0.1, -0.05) is 12.2 Å². The summed E-state index contributed by atoms with van der Waals surface area (Å²) in [6.45, 7) is 3.90. The van der Waals surface area contributed by atoms with Crippen molar-refractivity contribution >= 4 is 17.2 Å². The van der Waals surface area contributed by atoms with Crippen LogP contribution in [0.5, 0.6) is 5.75 Å². The van der Waals surface area contributed by atoms with Crippen LogP contribution in [0, 0.1) is 13.8 Å². The van der Waals surface area contributed by atoms with E-state index in [9.17, 15) is 4.39 Å². The molecule has 4 heteroatoms. The molecule has 0 aliphatic rings. The summed E-state index contributed by atoms with van der Waals surface area (Å²) in [7, 11) is 0. The zero-order chi connectivity index (χ0) is 12.1. The van der Waals surface area contributed by atoms with Crippen molar-refractivity contribution in [2.75, 3.05) is 13.3 Å². The van der Waals surface area contributed by atoms with E-state index in [0.29, 0.717) is 18.0 Å². The lowest BCUT2D eigenvalue weighted by atomic mass is 10.1. The molecule has 0 bridgehead atoms. The molecule has 2 nitrogen and oxygen atoms in total. The third-order valence-electron chi connectivity index (χ3n) is 2.27.